The first-order valence-corrected chi connectivity index (χ1v) is 7.64. The molecule has 1 saturated carbocycles. The minimum Gasteiger partial charge on any atom is -0.393 e. The number of hydrogen-bond donors (Lipinski definition) is 2. The van der Waals surface area contributed by atoms with Crippen molar-refractivity contribution in [3.63, 3.8) is 0 Å². The Labute approximate surface area is 117 Å². The Kier molecular flexibility index (Phi) is 5.41. The highest BCUT2D eigenvalue weighted by Crippen LogP contribution is 2.26. The maximum absolute atomic E-state index is 9.80. The lowest BCUT2D eigenvalue weighted by Crippen LogP contribution is -2.38. The zero-order chi connectivity index (χ0) is 13.7. The van der Waals surface area contributed by atoms with E-state index in [0.29, 0.717) is 18.0 Å². The van der Waals surface area contributed by atoms with Crippen LogP contribution in [0.4, 0.5) is 0 Å². The van der Waals surface area contributed by atoms with Crippen LogP contribution in [0.25, 0.3) is 0 Å². The highest BCUT2D eigenvalue weighted by atomic mass is 16.3. The molecular weight excluding hydrogens is 234 g/mol. The molecule has 2 N–H and O–H groups in total. The van der Waals surface area contributed by atoms with E-state index in [9.17, 15) is 5.11 Å². The lowest BCUT2D eigenvalue weighted by Gasteiger charge is -2.32. The molecule has 1 aromatic carbocycles. The van der Waals surface area contributed by atoms with E-state index in [-0.39, 0.29) is 6.10 Å². The van der Waals surface area contributed by atoms with Crippen LogP contribution in [0.1, 0.15) is 57.6 Å². The SMILES string of the molecule is CC(C)CC(NC1CCCC(O)C1)c1ccccc1. The van der Waals surface area contributed by atoms with Crippen molar-refractivity contribution in [3.8, 4) is 0 Å². The lowest BCUT2D eigenvalue weighted by molar-refractivity contribution is 0.107. The van der Waals surface area contributed by atoms with Crippen LogP contribution in [0.2, 0.25) is 0 Å². The van der Waals surface area contributed by atoms with Crippen molar-refractivity contribution in [3.05, 3.63) is 35.9 Å². The van der Waals surface area contributed by atoms with Gasteiger partial charge in [0, 0.05) is 12.1 Å². The Hall–Kier alpha value is -0.860. The van der Waals surface area contributed by atoms with E-state index >= 15 is 0 Å². The van der Waals surface area contributed by atoms with Crippen molar-refractivity contribution in [2.75, 3.05) is 0 Å². The van der Waals surface area contributed by atoms with Crippen molar-refractivity contribution in [1.82, 2.24) is 5.32 Å². The molecule has 0 saturated heterocycles. The Morgan fingerprint density at radius 1 is 1.21 bits per heavy atom. The topological polar surface area (TPSA) is 32.3 Å². The van der Waals surface area contributed by atoms with Crippen LogP contribution in [0, 0.1) is 5.92 Å². The second kappa shape index (κ2) is 7.06. The molecule has 0 spiro atoms. The van der Waals surface area contributed by atoms with E-state index < -0.39 is 0 Å². The molecule has 2 heteroatoms. The molecule has 106 valence electrons. The first-order valence-electron chi connectivity index (χ1n) is 7.64. The predicted octanol–water partition coefficient (Wildman–Crippen LogP) is 3.67. The summed E-state index contributed by atoms with van der Waals surface area (Å²) in [5.41, 5.74) is 1.37. The Bertz CT molecular complexity index is 363. The lowest BCUT2D eigenvalue weighted by atomic mass is 9.90. The van der Waals surface area contributed by atoms with E-state index in [1.807, 2.05) is 0 Å². The van der Waals surface area contributed by atoms with E-state index in [2.05, 4.69) is 49.5 Å². The quantitative estimate of drug-likeness (QED) is 0.847. The molecular formula is C17H27NO. The first-order chi connectivity index (χ1) is 9.15. The molecule has 0 radical (unpaired) electrons. The van der Waals surface area contributed by atoms with Gasteiger partial charge in [0.25, 0.3) is 0 Å². The molecule has 2 nitrogen and oxygen atoms in total. The van der Waals surface area contributed by atoms with E-state index in [0.717, 1.165) is 25.7 Å². The van der Waals surface area contributed by atoms with Crippen molar-refractivity contribution in [1.29, 1.82) is 0 Å². The molecule has 1 aliphatic rings. The average Bonchev–Trinajstić information content (AvgIpc) is 2.38. The molecule has 1 fully saturated rings. The predicted molar refractivity (Wildman–Crippen MR) is 80.0 cm³/mol. The third kappa shape index (κ3) is 4.63. The molecule has 3 unspecified atom stereocenters. The molecule has 1 aromatic rings. The summed E-state index contributed by atoms with van der Waals surface area (Å²) < 4.78 is 0. The maximum Gasteiger partial charge on any atom is 0.0555 e. The van der Waals surface area contributed by atoms with Crippen LogP contribution in [0.15, 0.2) is 30.3 Å². The monoisotopic (exact) mass is 261 g/mol. The fourth-order valence-electron chi connectivity index (χ4n) is 3.06. The van der Waals surface area contributed by atoms with Gasteiger partial charge in [0.1, 0.15) is 0 Å². The van der Waals surface area contributed by atoms with Gasteiger partial charge in [-0.2, -0.15) is 0 Å². The van der Waals surface area contributed by atoms with Gasteiger partial charge >= 0.3 is 0 Å². The summed E-state index contributed by atoms with van der Waals surface area (Å²) in [5.74, 6) is 0.672. The van der Waals surface area contributed by atoms with Gasteiger partial charge in [-0.25, -0.2) is 0 Å². The second-order valence-corrected chi connectivity index (χ2v) is 6.28. The van der Waals surface area contributed by atoms with Crippen molar-refractivity contribution >= 4 is 0 Å². The zero-order valence-corrected chi connectivity index (χ0v) is 12.2. The molecule has 0 heterocycles. The minimum absolute atomic E-state index is 0.110. The summed E-state index contributed by atoms with van der Waals surface area (Å²) in [7, 11) is 0. The second-order valence-electron chi connectivity index (χ2n) is 6.28. The van der Waals surface area contributed by atoms with Gasteiger partial charge in [0.15, 0.2) is 0 Å². The third-order valence-electron chi connectivity index (χ3n) is 3.99. The van der Waals surface area contributed by atoms with Gasteiger partial charge in [-0.1, -0.05) is 44.2 Å². The zero-order valence-electron chi connectivity index (χ0n) is 12.2. The molecule has 2 rings (SSSR count). The smallest absolute Gasteiger partial charge is 0.0555 e. The first kappa shape index (κ1) is 14.5. The molecule has 0 bridgehead atoms. The number of aliphatic hydroxyl groups is 1. The summed E-state index contributed by atoms with van der Waals surface area (Å²) in [6.45, 7) is 4.54. The molecule has 0 amide bonds. The standard InChI is InChI=1S/C17H27NO/c1-13(2)11-17(14-7-4-3-5-8-14)18-15-9-6-10-16(19)12-15/h3-5,7-8,13,15-19H,6,9-12H2,1-2H3. The number of aliphatic hydroxyl groups excluding tert-OH is 1. The molecule has 0 aliphatic heterocycles. The maximum atomic E-state index is 9.80. The summed E-state index contributed by atoms with van der Waals surface area (Å²) in [4.78, 5) is 0. The van der Waals surface area contributed by atoms with Gasteiger partial charge in [-0.15, -0.1) is 0 Å². The third-order valence-corrected chi connectivity index (χ3v) is 3.99. The summed E-state index contributed by atoms with van der Waals surface area (Å²) >= 11 is 0. The van der Waals surface area contributed by atoms with Crippen LogP contribution in [0.5, 0.6) is 0 Å². The normalized spacial score (nSPS) is 25.5. The van der Waals surface area contributed by atoms with Crippen molar-refractivity contribution in [2.24, 2.45) is 5.92 Å². The molecule has 19 heavy (non-hydrogen) atoms. The van der Waals surface area contributed by atoms with Crippen LogP contribution < -0.4 is 5.32 Å². The Morgan fingerprint density at radius 2 is 1.95 bits per heavy atom. The van der Waals surface area contributed by atoms with E-state index in [1.165, 1.54) is 12.0 Å². The Morgan fingerprint density at radius 3 is 2.58 bits per heavy atom. The number of nitrogens with one attached hydrogen (secondary N) is 1. The van der Waals surface area contributed by atoms with Crippen molar-refractivity contribution < 1.29 is 5.11 Å². The summed E-state index contributed by atoms with van der Waals surface area (Å²) in [5, 5.41) is 13.6. The van der Waals surface area contributed by atoms with Crippen LogP contribution in [-0.2, 0) is 0 Å². The highest BCUT2D eigenvalue weighted by molar-refractivity contribution is 5.19. The van der Waals surface area contributed by atoms with E-state index in [4.69, 9.17) is 0 Å². The summed E-state index contributed by atoms with van der Waals surface area (Å²) in [6, 6.07) is 11.6. The van der Waals surface area contributed by atoms with Crippen LogP contribution >= 0.6 is 0 Å². The molecule has 3 atom stereocenters. The fraction of sp³-hybridized carbons (Fsp3) is 0.647. The highest BCUT2D eigenvalue weighted by Gasteiger charge is 2.23. The fourth-order valence-corrected chi connectivity index (χ4v) is 3.06. The summed E-state index contributed by atoms with van der Waals surface area (Å²) in [6.07, 6.45) is 5.25. The van der Waals surface area contributed by atoms with Gasteiger partial charge in [-0.3, -0.25) is 0 Å². The molecule has 1 aliphatic carbocycles. The van der Waals surface area contributed by atoms with E-state index in [1.54, 1.807) is 0 Å². The van der Waals surface area contributed by atoms with Gasteiger partial charge in [0.2, 0.25) is 0 Å². The van der Waals surface area contributed by atoms with Crippen LogP contribution in [-0.4, -0.2) is 17.3 Å². The van der Waals surface area contributed by atoms with Gasteiger partial charge in [0.05, 0.1) is 6.10 Å². The van der Waals surface area contributed by atoms with Gasteiger partial charge < -0.3 is 10.4 Å². The average molecular weight is 261 g/mol. The minimum atomic E-state index is -0.110. The van der Waals surface area contributed by atoms with Gasteiger partial charge in [-0.05, 0) is 43.6 Å². The number of hydrogen-bond acceptors (Lipinski definition) is 2. The van der Waals surface area contributed by atoms with Crippen LogP contribution in [0.3, 0.4) is 0 Å². The molecule has 0 aromatic heterocycles. The number of rotatable bonds is 5. The van der Waals surface area contributed by atoms with Crippen molar-refractivity contribution in [2.45, 2.75) is 64.1 Å². The number of benzene rings is 1. The largest absolute Gasteiger partial charge is 0.393 e. The Balaban J connectivity index is 2.01.